The number of amides is 2. The lowest BCUT2D eigenvalue weighted by atomic mass is 10.3. The van der Waals surface area contributed by atoms with Gasteiger partial charge in [0, 0.05) is 21.2 Å². The highest BCUT2D eigenvalue weighted by atomic mass is 32.1. The molecule has 0 radical (unpaired) electrons. The zero-order chi connectivity index (χ0) is 17.6. The van der Waals surface area contributed by atoms with Crippen LogP contribution in [0.15, 0.2) is 52.5 Å². The van der Waals surface area contributed by atoms with Crippen molar-refractivity contribution in [2.24, 2.45) is 0 Å². The van der Waals surface area contributed by atoms with E-state index in [1.807, 2.05) is 29.6 Å². The van der Waals surface area contributed by atoms with E-state index in [0.29, 0.717) is 5.76 Å². The van der Waals surface area contributed by atoms with E-state index >= 15 is 0 Å². The van der Waals surface area contributed by atoms with Crippen molar-refractivity contribution in [3.63, 3.8) is 0 Å². The number of thiophene rings is 2. The lowest BCUT2D eigenvalue weighted by Gasteiger charge is -2.10. The van der Waals surface area contributed by atoms with Gasteiger partial charge < -0.3 is 20.2 Å². The maximum Gasteiger partial charge on any atom is 0.309 e. The number of furan rings is 1. The van der Waals surface area contributed by atoms with E-state index in [-0.39, 0.29) is 13.1 Å². The number of nitrogens with one attached hydrogen (secondary N) is 2. The summed E-state index contributed by atoms with van der Waals surface area (Å²) >= 11 is 3.09. The molecule has 0 aromatic carbocycles. The molecule has 0 bridgehead atoms. The quantitative estimate of drug-likeness (QED) is 0.577. The van der Waals surface area contributed by atoms with Crippen molar-refractivity contribution in [2.45, 2.75) is 12.6 Å². The molecule has 0 aliphatic heterocycles. The molecule has 0 aliphatic carbocycles. The Labute approximate surface area is 152 Å². The highest BCUT2D eigenvalue weighted by Gasteiger charge is 2.17. The van der Waals surface area contributed by atoms with Crippen LogP contribution in [-0.2, 0) is 16.1 Å². The molecule has 25 heavy (non-hydrogen) atoms. The van der Waals surface area contributed by atoms with Crippen LogP contribution in [0, 0.1) is 0 Å². The Bertz CT molecular complexity index is 825. The SMILES string of the molecule is O=C(NCc1ccco1)C(=O)NC[C@H](O)c1ccc(-c2cccs2)s1. The highest BCUT2D eigenvalue weighted by molar-refractivity contribution is 7.21. The van der Waals surface area contributed by atoms with Crippen LogP contribution in [0.4, 0.5) is 0 Å². The van der Waals surface area contributed by atoms with E-state index in [4.69, 9.17) is 4.42 Å². The summed E-state index contributed by atoms with van der Waals surface area (Å²) in [6.45, 7) is 0.105. The predicted molar refractivity (Wildman–Crippen MR) is 96.2 cm³/mol. The van der Waals surface area contributed by atoms with Crippen molar-refractivity contribution in [3.8, 4) is 9.75 Å². The minimum atomic E-state index is -0.861. The summed E-state index contributed by atoms with van der Waals surface area (Å²) in [5.41, 5.74) is 0. The summed E-state index contributed by atoms with van der Waals surface area (Å²) in [5, 5.41) is 17.1. The first kappa shape index (κ1) is 17.4. The molecule has 0 saturated carbocycles. The van der Waals surface area contributed by atoms with Gasteiger partial charge in [0.1, 0.15) is 11.9 Å². The molecule has 0 fully saturated rings. The van der Waals surface area contributed by atoms with Crippen molar-refractivity contribution < 1.29 is 19.1 Å². The predicted octanol–water partition coefficient (Wildman–Crippen LogP) is 2.54. The van der Waals surface area contributed by atoms with Crippen LogP contribution >= 0.6 is 22.7 Å². The van der Waals surface area contributed by atoms with Crippen molar-refractivity contribution in [3.05, 3.63) is 58.7 Å². The molecule has 130 valence electrons. The third-order valence-corrected chi connectivity index (χ3v) is 5.64. The fourth-order valence-corrected chi connectivity index (χ4v) is 3.94. The Morgan fingerprint density at radius 1 is 1.08 bits per heavy atom. The smallest absolute Gasteiger partial charge is 0.309 e. The average molecular weight is 376 g/mol. The number of aliphatic hydroxyl groups is 1. The van der Waals surface area contributed by atoms with E-state index in [1.165, 1.54) is 17.6 Å². The van der Waals surface area contributed by atoms with E-state index in [1.54, 1.807) is 23.5 Å². The minimum Gasteiger partial charge on any atom is -0.467 e. The topological polar surface area (TPSA) is 91.6 Å². The van der Waals surface area contributed by atoms with Crippen LogP contribution in [0.1, 0.15) is 16.7 Å². The molecule has 3 N–H and O–H groups in total. The normalized spacial score (nSPS) is 11.9. The minimum absolute atomic E-state index is 0.0304. The van der Waals surface area contributed by atoms with E-state index in [0.717, 1.165) is 14.6 Å². The van der Waals surface area contributed by atoms with Crippen LogP contribution in [-0.4, -0.2) is 23.5 Å². The lowest BCUT2D eigenvalue weighted by Crippen LogP contribution is -2.41. The molecule has 0 unspecified atom stereocenters. The molecule has 3 heterocycles. The van der Waals surface area contributed by atoms with Gasteiger partial charge >= 0.3 is 11.8 Å². The molecular formula is C17H16N2O4S2. The zero-order valence-corrected chi connectivity index (χ0v) is 14.7. The number of carbonyl (C=O) groups excluding carboxylic acids is 2. The highest BCUT2D eigenvalue weighted by Crippen LogP contribution is 2.33. The Morgan fingerprint density at radius 2 is 1.92 bits per heavy atom. The first-order valence-corrected chi connectivity index (χ1v) is 9.23. The fourth-order valence-electron chi connectivity index (χ4n) is 2.11. The molecular weight excluding hydrogens is 360 g/mol. The number of hydrogen-bond acceptors (Lipinski definition) is 6. The first-order valence-electron chi connectivity index (χ1n) is 7.53. The summed E-state index contributed by atoms with van der Waals surface area (Å²) in [6.07, 6.45) is 0.629. The number of hydrogen-bond donors (Lipinski definition) is 3. The first-order chi connectivity index (χ1) is 12.1. The van der Waals surface area contributed by atoms with Gasteiger partial charge in [-0.2, -0.15) is 0 Å². The number of carbonyl (C=O) groups is 2. The van der Waals surface area contributed by atoms with Gasteiger partial charge in [-0.05, 0) is 35.7 Å². The maximum atomic E-state index is 11.8. The monoisotopic (exact) mass is 376 g/mol. The van der Waals surface area contributed by atoms with Gasteiger partial charge in [0.15, 0.2) is 0 Å². The van der Waals surface area contributed by atoms with Crippen LogP contribution < -0.4 is 10.6 Å². The van der Waals surface area contributed by atoms with Crippen molar-refractivity contribution >= 4 is 34.5 Å². The third-order valence-electron chi connectivity index (χ3n) is 3.38. The van der Waals surface area contributed by atoms with Gasteiger partial charge in [-0.1, -0.05) is 6.07 Å². The summed E-state index contributed by atoms with van der Waals surface area (Å²) in [6, 6.07) is 11.1. The number of aliphatic hydroxyl groups excluding tert-OH is 1. The van der Waals surface area contributed by atoms with Gasteiger partial charge in [-0.15, -0.1) is 22.7 Å². The van der Waals surface area contributed by atoms with E-state index < -0.39 is 17.9 Å². The molecule has 0 saturated heterocycles. The summed E-state index contributed by atoms with van der Waals surface area (Å²) in [5.74, 6) is -1.00. The van der Waals surface area contributed by atoms with Gasteiger partial charge in [0.2, 0.25) is 0 Å². The molecule has 0 spiro atoms. The zero-order valence-electron chi connectivity index (χ0n) is 13.1. The van der Waals surface area contributed by atoms with Crippen molar-refractivity contribution in [1.82, 2.24) is 10.6 Å². The van der Waals surface area contributed by atoms with Crippen molar-refractivity contribution in [2.75, 3.05) is 6.54 Å². The maximum absolute atomic E-state index is 11.8. The molecule has 2 amide bonds. The van der Waals surface area contributed by atoms with Gasteiger partial charge in [-0.25, -0.2) is 0 Å². The Morgan fingerprint density at radius 3 is 2.64 bits per heavy atom. The van der Waals surface area contributed by atoms with Crippen LogP contribution in [0.25, 0.3) is 9.75 Å². The van der Waals surface area contributed by atoms with Crippen LogP contribution in [0.2, 0.25) is 0 Å². The second kappa shape index (κ2) is 8.11. The third kappa shape index (κ3) is 4.56. The molecule has 3 rings (SSSR count). The Hall–Kier alpha value is -2.42. The van der Waals surface area contributed by atoms with Crippen molar-refractivity contribution in [1.29, 1.82) is 0 Å². The summed E-state index contributed by atoms with van der Waals surface area (Å²) in [4.78, 5) is 26.4. The molecule has 8 heteroatoms. The van der Waals surface area contributed by atoms with Crippen LogP contribution in [0.3, 0.4) is 0 Å². The molecule has 0 aliphatic rings. The van der Waals surface area contributed by atoms with Gasteiger partial charge in [0.05, 0.1) is 12.8 Å². The summed E-state index contributed by atoms with van der Waals surface area (Å²) < 4.78 is 5.07. The van der Waals surface area contributed by atoms with E-state index in [9.17, 15) is 14.7 Å². The second-order valence-corrected chi connectivity index (χ2v) is 7.23. The Balaban J connectivity index is 1.47. The standard InChI is InChI=1S/C17H16N2O4S2/c20-12(13-5-6-15(25-13)14-4-2-8-24-14)10-19-17(22)16(21)18-9-11-3-1-7-23-11/h1-8,12,20H,9-10H2,(H,18,21)(H,19,22)/t12-/m0/s1. The van der Waals surface area contributed by atoms with Crippen LogP contribution in [0.5, 0.6) is 0 Å². The summed E-state index contributed by atoms with van der Waals surface area (Å²) in [7, 11) is 0. The lowest BCUT2D eigenvalue weighted by molar-refractivity contribution is -0.139. The molecule has 3 aromatic heterocycles. The average Bonchev–Trinajstić information content (AvgIpc) is 3.37. The molecule has 3 aromatic rings. The van der Waals surface area contributed by atoms with Gasteiger partial charge in [-0.3, -0.25) is 9.59 Å². The Kier molecular flexibility index (Phi) is 5.64. The fraction of sp³-hybridized carbons (Fsp3) is 0.176. The molecule has 1 atom stereocenters. The number of rotatable bonds is 6. The largest absolute Gasteiger partial charge is 0.467 e. The van der Waals surface area contributed by atoms with Gasteiger partial charge in [0.25, 0.3) is 0 Å². The second-order valence-electron chi connectivity index (χ2n) is 5.17. The van der Waals surface area contributed by atoms with E-state index in [2.05, 4.69) is 10.6 Å². The molecule has 6 nitrogen and oxygen atoms in total.